The lowest BCUT2D eigenvalue weighted by Crippen LogP contribution is -2.30. The van der Waals surface area contributed by atoms with Crippen LogP contribution >= 0.6 is 11.6 Å². The predicted molar refractivity (Wildman–Crippen MR) is 79.8 cm³/mol. The number of halogens is 1. The first kappa shape index (κ1) is 13.3. The number of benzene rings is 1. The van der Waals surface area contributed by atoms with Crippen LogP contribution in [0.5, 0.6) is 0 Å². The molecule has 0 spiro atoms. The van der Waals surface area contributed by atoms with E-state index in [4.69, 9.17) is 17.3 Å². The van der Waals surface area contributed by atoms with Crippen molar-refractivity contribution in [2.24, 2.45) is 11.7 Å². The maximum absolute atomic E-state index is 12.6. The summed E-state index contributed by atoms with van der Waals surface area (Å²) in [6.07, 6.45) is 2.66. The largest absolute Gasteiger partial charge is 0.338 e. The molecule has 0 saturated carbocycles. The van der Waals surface area contributed by atoms with Gasteiger partial charge in [-0.25, -0.2) is 0 Å². The van der Waals surface area contributed by atoms with E-state index in [9.17, 15) is 4.79 Å². The highest BCUT2D eigenvalue weighted by atomic mass is 35.5. The van der Waals surface area contributed by atoms with E-state index < -0.39 is 0 Å². The predicted octanol–water partition coefficient (Wildman–Crippen LogP) is 2.31. The van der Waals surface area contributed by atoms with Crippen LogP contribution in [0.1, 0.15) is 16.8 Å². The zero-order chi connectivity index (χ0) is 14.1. The van der Waals surface area contributed by atoms with Gasteiger partial charge in [-0.15, -0.1) is 0 Å². The standard InChI is InChI=1S/C15H16ClN3O/c16-13-4-3-12(14-11(13)2-1-6-18-14)15(20)19-7-5-10(8-17)9-19/h1-4,6,10H,5,7-9,17H2/t10-/m0/s1. The Morgan fingerprint density at radius 3 is 3.05 bits per heavy atom. The summed E-state index contributed by atoms with van der Waals surface area (Å²) in [5, 5.41) is 1.43. The van der Waals surface area contributed by atoms with Gasteiger partial charge in [0.25, 0.3) is 5.91 Å². The van der Waals surface area contributed by atoms with Crippen molar-refractivity contribution < 1.29 is 4.79 Å². The van der Waals surface area contributed by atoms with Crippen molar-refractivity contribution in [1.82, 2.24) is 9.88 Å². The van der Waals surface area contributed by atoms with Crippen molar-refractivity contribution in [3.8, 4) is 0 Å². The molecule has 3 rings (SSSR count). The van der Waals surface area contributed by atoms with Gasteiger partial charge in [0.1, 0.15) is 0 Å². The lowest BCUT2D eigenvalue weighted by molar-refractivity contribution is 0.0789. The summed E-state index contributed by atoms with van der Waals surface area (Å²) in [7, 11) is 0. The second-order valence-corrected chi connectivity index (χ2v) is 5.54. The third-order valence-corrected chi connectivity index (χ3v) is 4.18. The molecule has 0 unspecified atom stereocenters. The second-order valence-electron chi connectivity index (χ2n) is 5.14. The van der Waals surface area contributed by atoms with Crippen LogP contribution in [-0.4, -0.2) is 35.4 Å². The molecule has 104 valence electrons. The maximum atomic E-state index is 12.6. The molecule has 0 aliphatic carbocycles. The molecule has 1 fully saturated rings. The van der Waals surface area contributed by atoms with Gasteiger partial charge in [0.2, 0.25) is 0 Å². The summed E-state index contributed by atoms with van der Waals surface area (Å²) < 4.78 is 0. The molecule has 1 saturated heterocycles. The van der Waals surface area contributed by atoms with Crippen LogP contribution < -0.4 is 5.73 Å². The highest BCUT2D eigenvalue weighted by Crippen LogP contribution is 2.27. The zero-order valence-corrected chi connectivity index (χ0v) is 11.8. The first-order valence-electron chi connectivity index (χ1n) is 6.73. The molecule has 1 atom stereocenters. The number of carbonyl (C=O) groups excluding carboxylic acids is 1. The van der Waals surface area contributed by atoms with Gasteiger partial charge in [-0.2, -0.15) is 0 Å². The molecule has 1 amide bonds. The molecule has 1 aliphatic rings. The van der Waals surface area contributed by atoms with Crippen LogP contribution in [0.15, 0.2) is 30.5 Å². The van der Waals surface area contributed by atoms with Gasteiger partial charge in [-0.3, -0.25) is 9.78 Å². The number of pyridine rings is 1. The number of carbonyl (C=O) groups is 1. The van der Waals surface area contributed by atoms with Gasteiger partial charge in [0.05, 0.1) is 16.1 Å². The number of nitrogens with two attached hydrogens (primary N) is 1. The Morgan fingerprint density at radius 2 is 2.30 bits per heavy atom. The third-order valence-electron chi connectivity index (χ3n) is 3.85. The number of nitrogens with zero attached hydrogens (tertiary/aromatic N) is 2. The molecule has 0 radical (unpaired) electrons. The highest BCUT2D eigenvalue weighted by molar-refractivity contribution is 6.36. The zero-order valence-electron chi connectivity index (χ0n) is 11.1. The first-order valence-corrected chi connectivity index (χ1v) is 7.11. The molecule has 0 bridgehead atoms. The fourth-order valence-electron chi connectivity index (χ4n) is 2.69. The topological polar surface area (TPSA) is 59.2 Å². The molecule has 1 aromatic heterocycles. The number of amides is 1. The molecule has 2 N–H and O–H groups in total. The van der Waals surface area contributed by atoms with Gasteiger partial charge >= 0.3 is 0 Å². The minimum Gasteiger partial charge on any atom is -0.338 e. The first-order chi connectivity index (χ1) is 9.70. The molecular formula is C15H16ClN3O. The van der Waals surface area contributed by atoms with E-state index in [1.807, 2.05) is 17.0 Å². The van der Waals surface area contributed by atoms with Crippen LogP contribution in [-0.2, 0) is 0 Å². The van der Waals surface area contributed by atoms with E-state index in [1.54, 1.807) is 18.3 Å². The Morgan fingerprint density at radius 1 is 1.45 bits per heavy atom. The average molecular weight is 290 g/mol. The van der Waals surface area contributed by atoms with E-state index in [1.165, 1.54) is 0 Å². The van der Waals surface area contributed by atoms with Crippen molar-refractivity contribution >= 4 is 28.4 Å². The fourth-order valence-corrected chi connectivity index (χ4v) is 2.91. The highest BCUT2D eigenvalue weighted by Gasteiger charge is 2.27. The molecule has 1 aliphatic heterocycles. The van der Waals surface area contributed by atoms with Crippen molar-refractivity contribution in [2.75, 3.05) is 19.6 Å². The van der Waals surface area contributed by atoms with E-state index in [-0.39, 0.29) is 5.91 Å². The normalized spacial score (nSPS) is 18.7. The number of hydrogen-bond donors (Lipinski definition) is 1. The number of likely N-dealkylation sites (tertiary alicyclic amines) is 1. The molecule has 5 heteroatoms. The Balaban J connectivity index is 1.98. The van der Waals surface area contributed by atoms with E-state index in [2.05, 4.69) is 4.98 Å². The minimum atomic E-state index is 0.0151. The monoisotopic (exact) mass is 289 g/mol. The second kappa shape index (κ2) is 5.38. The average Bonchev–Trinajstić information content (AvgIpc) is 2.96. The smallest absolute Gasteiger partial charge is 0.256 e. The quantitative estimate of drug-likeness (QED) is 0.923. The van der Waals surface area contributed by atoms with E-state index >= 15 is 0 Å². The Hall–Kier alpha value is -1.65. The summed E-state index contributed by atoms with van der Waals surface area (Å²) in [6, 6.07) is 7.22. The summed E-state index contributed by atoms with van der Waals surface area (Å²) >= 11 is 6.16. The number of rotatable bonds is 2. The van der Waals surface area contributed by atoms with Crippen molar-refractivity contribution in [3.05, 3.63) is 41.0 Å². The van der Waals surface area contributed by atoms with Crippen LogP contribution in [0.25, 0.3) is 10.9 Å². The lowest BCUT2D eigenvalue weighted by Gasteiger charge is -2.17. The van der Waals surface area contributed by atoms with Crippen LogP contribution in [0, 0.1) is 5.92 Å². The van der Waals surface area contributed by atoms with Crippen molar-refractivity contribution in [3.63, 3.8) is 0 Å². The van der Waals surface area contributed by atoms with Crippen molar-refractivity contribution in [1.29, 1.82) is 0 Å². The van der Waals surface area contributed by atoms with Gasteiger partial charge in [0.15, 0.2) is 0 Å². The molecule has 20 heavy (non-hydrogen) atoms. The van der Waals surface area contributed by atoms with Gasteiger partial charge in [0, 0.05) is 24.7 Å². The minimum absolute atomic E-state index is 0.0151. The van der Waals surface area contributed by atoms with Crippen LogP contribution in [0.2, 0.25) is 5.02 Å². The maximum Gasteiger partial charge on any atom is 0.256 e. The van der Waals surface area contributed by atoms with Crippen molar-refractivity contribution in [2.45, 2.75) is 6.42 Å². The summed E-state index contributed by atoms with van der Waals surface area (Å²) in [6.45, 7) is 2.12. The van der Waals surface area contributed by atoms with Gasteiger partial charge in [-0.05, 0) is 43.1 Å². The Kier molecular flexibility index (Phi) is 3.59. The van der Waals surface area contributed by atoms with Gasteiger partial charge < -0.3 is 10.6 Å². The number of fused-ring (bicyclic) bond motifs is 1. The lowest BCUT2D eigenvalue weighted by atomic mass is 10.1. The molecule has 2 heterocycles. The molecule has 1 aromatic carbocycles. The fraction of sp³-hybridized carbons (Fsp3) is 0.333. The van der Waals surface area contributed by atoms with E-state index in [0.717, 1.165) is 24.9 Å². The van der Waals surface area contributed by atoms with Crippen LogP contribution in [0.4, 0.5) is 0 Å². The SMILES string of the molecule is NC[C@@H]1CCN(C(=O)c2ccc(Cl)c3cccnc23)C1. The van der Waals surface area contributed by atoms with Gasteiger partial charge in [-0.1, -0.05) is 11.6 Å². The summed E-state index contributed by atoms with van der Waals surface area (Å²) in [5.74, 6) is 0.423. The third kappa shape index (κ3) is 2.25. The summed E-state index contributed by atoms with van der Waals surface area (Å²) in [4.78, 5) is 18.8. The van der Waals surface area contributed by atoms with E-state index in [0.29, 0.717) is 28.6 Å². The molecular weight excluding hydrogens is 274 g/mol. The molecule has 4 nitrogen and oxygen atoms in total. The Bertz CT molecular complexity index is 659. The summed E-state index contributed by atoms with van der Waals surface area (Å²) in [5.41, 5.74) is 6.96. The Labute approximate surface area is 122 Å². The number of aromatic nitrogens is 1. The number of hydrogen-bond acceptors (Lipinski definition) is 3. The van der Waals surface area contributed by atoms with Crippen LogP contribution in [0.3, 0.4) is 0 Å². The molecule has 2 aromatic rings.